The fourth-order valence-corrected chi connectivity index (χ4v) is 4.60. The molecule has 3 aliphatic rings. The number of carbonyl (C=O) groups excluding carboxylic acids is 1. The summed E-state index contributed by atoms with van der Waals surface area (Å²) in [5.41, 5.74) is 1.74. The Bertz CT molecular complexity index is 386. The Kier molecular flexibility index (Phi) is 2.24. The Morgan fingerprint density at radius 3 is 2.82 bits per heavy atom. The van der Waals surface area contributed by atoms with Crippen LogP contribution in [0.2, 0.25) is 0 Å². The molecule has 0 aromatic carbocycles. The third-order valence-corrected chi connectivity index (χ3v) is 5.86. The molecule has 17 heavy (non-hydrogen) atoms. The highest BCUT2D eigenvalue weighted by molar-refractivity contribution is 5.73. The first-order valence-electron chi connectivity index (χ1n) is 6.82. The maximum absolute atomic E-state index is 11.7. The van der Waals surface area contributed by atoms with Gasteiger partial charge in [-0.3, -0.25) is 4.79 Å². The van der Waals surface area contributed by atoms with Crippen molar-refractivity contribution < 1.29 is 9.53 Å². The standard InChI is InChI=1S/C15H22O2/c1-10(2)11-4-6-14(3)7-5-12-15(14,8-11)9-13(16)17-12/h11-12H,1,4-9H2,2-3H3/t11-,12?,14?,15+/m1/s1. The summed E-state index contributed by atoms with van der Waals surface area (Å²) in [6, 6.07) is 0. The predicted molar refractivity (Wildman–Crippen MR) is 66.4 cm³/mol. The van der Waals surface area contributed by atoms with Gasteiger partial charge in [0, 0.05) is 5.41 Å². The van der Waals surface area contributed by atoms with E-state index < -0.39 is 0 Å². The molecular weight excluding hydrogens is 212 g/mol. The second-order valence-corrected chi connectivity index (χ2v) is 6.70. The zero-order valence-electron chi connectivity index (χ0n) is 10.9. The van der Waals surface area contributed by atoms with Crippen molar-refractivity contribution in [2.45, 2.75) is 58.5 Å². The van der Waals surface area contributed by atoms with Gasteiger partial charge in [-0.1, -0.05) is 19.1 Å². The van der Waals surface area contributed by atoms with Crippen LogP contribution in [0.1, 0.15) is 52.4 Å². The first-order valence-corrected chi connectivity index (χ1v) is 6.82. The molecule has 0 aromatic heterocycles. The van der Waals surface area contributed by atoms with Crippen LogP contribution in [0.4, 0.5) is 0 Å². The minimum atomic E-state index is 0.0308. The van der Waals surface area contributed by atoms with Crippen LogP contribution in [0.25, 0.3) is 0 Å². The van der Waals surface area contributed by atoms with E-state index in [1.807, 2.05) is 0 Å². The van der Waals surface area contributed by atoms with Crippen molar-refractivity contribution in [3.63, 3.8) is 0 Å². The zero-order valence-corrected chi connectivity index (χ0v) is 10.9. The van der Waals surface area contributed by atoms with E-state index in [4.69, 9.17) is 4.74 Å². The van der Waals surface area contributed by atoms with Crippen LogP contribution in [-0.4, -0.2) is 12.1 Å². The average molecular weight is 234 g/mol. The molecule has 4 atom stereocenters. The molecule has 0 amide bonds. The quantitative estimate of drug-likeness (QED) is 0.513. The van der Waals surface area contributed by atoms with Gasteiger partial charge in [0.15, 0.2) is 0 Å². The van der Waals surface area contributed by atoms with Crippen molar-refractivity contribution in [3.8, 4) is 0 Å². The molecule has 1 saturated heterocycles. The summed E-state index contributed by atoms with van der Waals surface area (Å²) in [6.45, 7) is 8.63. The van der Waals surface area contributed by atoms with Crippen LogP contribution in [0.3, 0.4) is 0 Å². The number of carbonyl (C=O) groups is 1. The molecule has 94 valence electrons. The summed E-state index contributed by atoms with van der Waals surface area (Å²) >= 11 is 0. The van der Waals surface area contributed by atoms with E-state index in [1.165, 1.54) is 24.8 Å². The summed E-state index contributed by atoms with van der Waals surface area (Å²) in [7, 11) is 0. The van der Waals surface area contributed by atoms with E-state index in [0.29, 0.717) is 17.8 Å². The normalized spacial score (nSPS) is 48.5. The van der Waals surface area contributed by atoms with E-state index >= 15 is 0 Å². The van der Waals surface area contributed by atoms with E-state index in [9.17, 15) is 4.79 Å². The second-order valence-electron chi connectivity index (χ2n) is 6.70. The lowest BCUT2D eigenvalue weighted by molar-refractivity contribution is -0.141. The molecule has 0 aromatic rings. The number of hydrogen-bond donors (Lipinski definition) is 0. The molecule has 0 bridgehead atoms. The lowest BCUT2D eigenvalue weighted by atomic mass is 9.54. The van der Waals surface area contributed by atoms with Crippen molar-refractivity contribution in [1.82, 2.24) is 0 Å². The molecule has 3 fully saturated rings. The minimum absolute atomic E-state index is 0.0308. The van der Waals surface area contributed by atoms with Gasteiger partial charge < -0.3 is 4.74 Å². The topological polar surface area (TPSA) is 26.3 Å². The van der Waals surface area contributed by atoms with Crippen LogP contribution in [0.5, 0.6) is 0 Å². The van der Waals surface area contributed by atoms with E-state index in [-0.39, 0.29) is 17.5 Å². The zero-order chi connectivity index (χ0) is 12.3. The predicted octanol–water partition coefficient (Wildman–Crippen LogP) is 3.46. The van der Waals surface area contributed by atoms with Crippen molar-refractivity contribution >= 4 is 5.97 Å². The Morgan fingerprint density at radius 2 is 2.12 bits per heavy atom. The molecule has 0 N–H and O–H groups in total. The number of esters is 1. The highest BCUT2D eigenvalue weighted by Gasteiger charge is 2.65. The second kappa shape index (κ2) is 3.37. The molecule has 2 aliphatic carbocycles. The lowest BCUT2D eigenvalue weighted by Crippen LogP contribution is -2.44. The van der Waals surface area contributed by atoms with Crippen molar-refractivity contribution in [2.24, 2.45) is 16.7 Å². The van der Waals surface area contributed by atoms with E-state index in [1.54, 1.807) is 0 Å². The molecule has 2 unspecified atom stereocenters. The van der Waals surface area contributed by atoms with Crippen LogP contribution in [0, 0.1) is 16.7 Å². The molecule has 1 aliphatic heterocycles. The molecule has 2 saturated carbocycles. The van der Waals surface area contributed by atoms with Gasteiger partial charge in [-0.2, -0.15) is 0 Å². The van der Waals surface area contributed by atoms with Crippen LogP contribution < -0.4 is 0 Å². The van der Waals surface area contributed by atoms with Gasteiger partial charge in [0.25, 0.3) is 0 Å². The van der Waals surface area contributed by atoms with Gasteiger partial charge in [-0.05, 0) is 50.4 Å². The molecule has 2 heteroatoms. The number of ether oxygens (including phenoxy) is 1. The number of allylic oxidation sites excluding steroid dienone is 1. The SMILES string of the molecule is C=C(C)[C@@H]1CCC2(C)CCC3OC(=O)C[C@@]32C1. The molecule has 1 spiro atoms. The van der Waals surface area contributed by atoms with E-state index in [2.05, 4.69) is 20.4 Å². The van der Waals surface area contributed by atoms with Crippen molar-refractivity contribution in [3.05, 3.63) is 12.2 Å². The fourth-order valence-electron chi connectivity index (χ4n) is 4.60. The molecule has 3 rings (SSSR count). The van der Waals surface area contributed by atoms with Gasteiger partial charge in [-0.15, -0.1) is 0 Å². The van der Waals surface area contributed by atoms with Gasteiger partial charge in [-0.25, -0.2) is 0 Å². The highest BCUT2D eigenvalue weighted by Crippen LogP contribution is 2.67. The summed E-state index contributed by atoms with van der Waals surface area (Å²) in [5, 5.41) is 0. The van der Waals surface area contributed by atoms with Crippen molar-refractivity contribution in [2.75, 3.05) is 0 Å². The maximum Gasteiger partial charge on any atom is 0.306 e. The Labute approximate surface area is 103 Å². The van der Waals surface area contributed by atoms with Gasteiger partial charge in [0.1, 0.15) is 6.10 Å². The van der Waals surface area contributed by atoms with Crippen LogP contribution >= 0.6 is 0 Å². The molecule has 1 heterocycles. The monoisotopic (exact) mass is 234 g/mol. The Hall–Kier alpha value is -0.790. The number of hydrogen-bond acceptors (Lipinski definition) is 2. The van der Waals surface area contributed by atoms with Crippen molar-refractivity contribution in [1.29, 1.82) is 0 Å². The van der Waals surface area contributed by atoms with Crippen LogP contribution in [-0.2, 0) is 9.53 Å². The Balaban J connectivity index is 1.97. The fraction of sp³-hybridized carbons (Fsp3) is 0.800. The third kappa shape index (κ3) is 1.36. The molecule has 2 nitrogen and oxygen atoms in total. The lowest BCUT2D eigenvalue weighted by Gasteiger charge is -2.49. The maximum atomic E-state index is 11.7. The number of rotatable bonds is 1. The highest BCUT2D eigenvalue weighted by atomic mass is 16.6. The van der Waals surface area contributed by atoms with Gasteiger partial charge >= 0.3 is 5.97 Å². The third-order valence-electron chi connectivity index (χ3n) is 5.86. The summed E-state index contributed by atoms with van der Waals surface area (Å²) in [6.07, 6.45) is 6.75. The first-order chi connectivity index (χ1) is 7.97. The summed E-state index contributed by atoms with van der Waals surface area (Å²) in [4.78, 5) is 11.7. The summed E-state index contributed by atoms with van der Waals surface area (Å²) in [5.74, 6) is 0.626. The van der Waals surface area contributed by atoms with Crippen LogP contribution in [0.15, 0.2) is 12.2 Å². The van der Waals surface area contributed by atoms with E-state index in [0.717, 1.165) is 12.8 Å². The molecular formula is C15H22O2. The van der Waals surface area contributed by atoms with Gasteiger partial charge in [0.2, 0.25) is 0 Å². The average Bonchev–Trinajstić information content (AvgIpc) is 2.69. The Morgan fingerprint density at radius 1 is 1.41 bits per heavy atom. The summed E-state index contributed by atoms with van der Waals surface area (Å²) < 4.78 is 5.57. The van der Waals surface area contributed by atoms with Gasteiger partial charge in [0.05, 0.1) is 6.42 Å². The molecule has 0 radical (unpaired) electrons. The minimum Gasteiger partial charge on any atom is -0.462 e. The first kappa shape index (κ1) is 11.3. The largest absolute Gasteiger partial charge is 0.462 e. The smallest absolute Gasteiger partial charge is 0.306 e.